The van der Waals surface area contributed by atoms with E-state index in [1.165, 1.54) is 5.56 Å². The number of phenols is 1. The summed E-state index contributed by atoms with van der Waals surface area (Å²) in [5.74, 6) is 2.33. The molecule has 0 spiro atoms. The van der Waals surface area contributed by atoms with Crippen molar-refractivity contribution in [2.45, 2.75) is 25.3 Å². The van der Waals surface area contributed by atoms with E-state index in [0.29, 0.717) is 24.2 Å². The minimum Gasteiger partial charge on any atom is -0.504 e. The highest BCUT2D eigenvalue weighted by atomic mass is 16.5. The van der Waals surface area contributed by atoms with Crippen molar-refractivity contribution < 1.29 is 14.6 Å². The Kier molecular flexibility index (Phi) is 4.04. The number of ether oxygens (including phenoxy) is 2. The molecule has 1 aliphatic carbocycles. The van der Waals surface area contributed by atoms with Crippen LogP contribution in [-0.4, -0.2) is 18.8 Å². The van der Waals surface area contributed by atoms with E-state index in [9.17, 15) is 5.11 Å². The van der Waals surface area contributed by atoms with Gasteiger partial charge in [0.05, 0.1) is 19.8 Å². The largest absolute Gasteiger partial charge is 0.504 e. The molecule has 0 saturated heterocycles. The van der Waals surface area contributed by atoms with Crippen molar-refractivity contribution in [2.24, 2.45) is 5.92 Å². The lowest BCUT2D eigenvalue weighted by molar-refractivity contribution is 0.338. The quantitative estimate of drug-likeness (QED) is 0.799. The van der Waals surface area contributed by atoms with E-state index >= 15 is 0 Å². The zero-order chi connectivity index (χ0) is 17.4. The van der Waals surface area contributed by atoms with Gasteiger partial charge in [0.1, 0.15) is 5.75 Å². The molecular formula is C21H23NO3. The fourth-order valence-electron chi connectivity index (χ4n) is 4.09. The first-order chi connectivity index (χ1) is 12.2. The summed E-state index contributed by atoms with van der Waals surface area (Å²) in [5, 5.41) is 14.3. The van der Waals surface area contributed by atoms with Crippen LogP contribution in [0.5, 0.6) is 17.2 Å². The molecule has 130 valence electrons. The number of nitrogens with one attached hydrogen (secondary N) is 1. The average Bonchev–Trinajstić information content (AvgIpc) is 3.12. The molecule has 3 unspecified atom stereocenters. The Morgan fingerprint density at radius 3 is 2.88 bits per heavy atom. The number of hydrogen-bond acceptors (Lipinski definition) is 4. The number of anilines is 1. The molecular weight excluding hydrogens is 314 g/mol. The number of para-hydroxylation sites is 1. The fraction of sp³-hybridized carbons (Fsp3) is 0.333. The smallest absolute Gasteiger partial charge is 0.163 e. The molecule has 0 radical (unpaired) electrons. The van der Waals surface area contributed by atoms with Gasteiger partial charge in [-0.2, -0.15) is 0 Å². The highest BCUT2D eigenvalue weighted by molar-refractivity contribution is 5.63. The average molecular weight is 337 g/mol. The summed E-state index contributed by atoms with van der Waals surface area (Å²) in [6, 6.07) is 11.9. The van der Waals surface area contributed by atoms with Gasteiger partial charge < -0.3 is 19.9 Å². The van der Waals surface area contributed by atoms with Crippen molar-refractivity contribution in [1.29, 1.82) is 0 Å². The standard InChI is InChI=1S/C21H23NO3/c1-3-25-13-10-11-18-17(12-13)14-6-4-7-15(14)20(22-18)16-8-5-9-19(24-2)21(16)23/h4-6,8-12,14-15,20,22-23H,3,7H2,1-2H3. The maximum atomic E-state index is 10.6. The summed E-state index contributed by atoms with van der Waals surface area (Å²) in [7, 11) is 1.58. The molecule has 4 rings (SSSR count). The van der Waals surface area contributed by atoms with Gasteiger partial charge in [-0.1, -0.05) is 24.3 Å². The van der Waals surface area contributed by atoms with E-state index in [1.54, 1.807) is 13.2 Å². The number of benzene rings is 2. The van der Waals surface area contributed by atoms with E-state index in [-0.39, 0.29) is 11.8 Å². The monoisotopic (exact) mass is 337 g/mol. The van der Waals surface area contributed by atoms with Gasteiger partial charge in [-0.05, 0) is 49.1 Å². The first-order valence-corrected chi connectivity index (χ1v) is 8.78. The van der Waals surface area contributed by atoms with E-state index in [4.69, 9.17) is 9.47 Å². The molecule has 1 aliphatic heterocycles. The minimum absolute atomic E-state index is 0.0422. The summed E-state index contributed by atoms with van der Waals surface area (Å²) in [5.41, 5.74) is 3.25. The molecule has 2 aromatic rings. The molecule has 4 nitrogen and oxygen atoms in total. The van der Waals surface area contributed by atoms with Crippen molar-refractivity contribution >= 4 is 5.69 Å². The molecule has 0 amide bonds. The molecule has 0 fully saturated rings. The van der Waals surface area contributed by atoms with Crippen LogP contribution in [0.1, 0.15) is 36.4 Å². The van der Waals surface area contributed by atoms with E-state index in [0.717, 1.165) is 23.4 Å². The zero-order valence-electron chi connectivity index (χ0n) is 14.5. The summed E-state index contributed by atoms with van der Waals surface area (Å²) < 4.78 is 11.0. The van der Waals surface area contributed by atoms with Gasteiger partial charge in [0.25, 0.3) is 0 Å². The summed E-state index contributed by atoms with van der Waals surface area (Å²) in [6.07, 6.45) is 5.51. The lowest BCUT2D eigenvalue weighted by atomic mass is 9.76. The molecule has 1 heterocycles. The first kappa shape index (κ1) is 15.9. The SMILES string of the molecule is CCOc1ccc2c(c1)C1C=CCC1C(c1cccc(OC)c1O)N2. The number of methoxy groups -OCH3 is 1. The van der Waals surface area contributed by atoms with Gasteiger partial charge in [0, 0.05) is 17.2 Å². The van der Waals surface area contributed by atoms with Gasteiger partial charge in [-0.3, -0.25) is 0 Å². The molecule has 0 aromatic heterocycles. The molecule has 0 saturated carbocycles. The number of rotatable bonds is 4. The van der Waals surface area contributed by atoms with Gasteiger partial charge in [-0.25, -0.2) is 0 Å². The maximum absolute atomic E-state index is 10.6. The van der Waals surface area contributed by atoms with Crippen LogP contribution >= 0.6 is 0 Å². The van der Waals surface area contributed by atoms with Crippen LogP contribution in [-0.2, 0) is 0 Å². The van der Waals surface area contributed by atoms with Gasteiger partial charge in [-0.15, -0.1) is 0 Å². The molecule has 25 heavy (non-hydrogen) atoms. The second-order valence-corrected chi connectivity index (χ2v) is 6.56. The van der Waals surface area contributed by atoms with Crippen molar-refractivity contribution in [3.05, 3.63) is 59.7 Å². The Balaban J connectivity index is 1.76. The van der Waals surface area contributed by atoms with Crippen molar-refractivity contribution in [3.63, 3.8) is 0 Å². The van der Waals surface area contributed by atoms with E-state index in [1.807, 2.05) is 25.1 Å². The number of hydrogen-bond donors (Lipinski definition) is 2. The predicted octanol–water partition coefficient (Wildman–Crippen LogP) is 4.63. The van der Waals surface area contributed by atoms with Crippen LogP contribution in [0.4, 0.5) is 5.69 Å². The van der Waals surface area contributed by atoms with E-state index < -0.39 is 0 Å². The third-order valence-electron chi connectivity index (χ3n) is 5.23. The lowest BCUT2D eigenvalue weighted by Crippen LogP contribution is -2.29. The third-order valence-corrected chi connectivity index (χ3v) is 5.23. The van der Waals surface area contributed by atoms with Crippen LogP contribution in [0.3, 0.4) is 0 Å². The van der Waals surface area contributed by atoms with Gasteiger partial charge in [0.2, 0.25) is 0 Å². The molecule has 2 N–H and O–H groups in total. The number of allylic oxidation sites excluding steroid dienone is 2. The third kappa shape index (κ3) is 2.62. The summed E-state index contributed by atoms with van der Waals surface area (Å²) >= 11 is 0. The second-order valence-electron chi connectivity index (χ2n) is 6.56. The molecule has 2 aliphatic rings. The topological polar surface area (TPSA) is 50.7 Å². The number of fused-ring (bicyclic) bond motifs is 3. The van der Waals surface area contributed by atoms with E-state index in [2.05, 4.69) is 29.6 Å². The van der Waals surface area contributed by atoms with Gasteiger partial charge in [0.15, 0.2) is 11.5 Å². The Labute approximate surface area is 148 Å². The maximum Gasteiger partial charge on any atom is 0.163 e. The highest BCUT2D eigenvalue weighted by Crippen LogP contribution is 2.52. The fourth-order valence-corrected chi connectivity index (χ4v) is 4.09. The highest BCUT2D eigenvalue weighted by Gasteiger charge is 2.39. The number of aromatic hydroxyl groups is 1. The second kappa shape index (κ2) is 6.36. The van der Waals surface area contributed by atoms with Crippen molar-refractivity contribution in [2.75, 3.05) is 19.0 Å². The van der Waals surface area contributed by atoms with Crippen LogP contribution in [0, 0.1) is 5.92 Å². The minimum atomic E-state index is 0.0422. The normalized spacial score (nSPS) is 23.5. The molecule has 4 heteroatoms. The van der Waals surface area contributed by atoms with Crippen LogP contribution < -0.4 is 14.8 Å². The molecule has 2 aromatic carbocycles. The van der Waals surface area contributed by atoms with Crippen molar-refractivity contribution in [1.82, 2.24) is 0 Å². The Morgan fingerprint density at radius 1 is 1.20 bits per heavy atom. The molecule has 0 bridgehead atoms. The van der Waals surface area contributed by atoms with Crippen molar-refractivity contribution in [3.8, 4) is 17.2 Å². The zero-order valence-corrected chi connectivity index (χ0v) is 14.5. The number of phenolic OH excluding ortho intramolecular Hbond substituents is 1. The van der Waals surface area contributed by atoms with Gasteiger partial charge >= 0.3 is 0 Å². The summed E-state index contributed by atoms with van der Waals surface area (Å²) in [6.45, 7) is 2.66. The molecule has 3 atom stereocenters. The predicted molar refractivity (Wildman–Crippen MR) is 98.6 cm³/mol. The van der Waals surface area contributed by atoms with Crippen LogP contribution in [0.15, 0.2) is 48.6 Å². The Morgan fingerprint density at radius 2 is 2.08 bits per heavy atom. The van der Waals surface area contributed by atoms with Crippen LogP contribution in [0.2, 0.25) is 0 Å². The Bertz CT molecular complexity index is 815. The Hall–Kier alpha value is -2.62. The first-order valence-electron chi connectivity index (χ1n) is 8.78. The van der Waals surface area contributed by atoms with Crippen LogP contribution in [0.25, 0.3) is 0 Å². The summed E-state index contributed by atoms with van der Waals surface area (Å²) in [4.78, 5) is 0. The lowest BCUT2D eigenvalue weighted by Gasteiger charge is -2.38.